The molecule has 0 spiro atoms. The molecule has 3 aromatic rings. The molecule has 1 unspecified atom stereocenters. The van der Waals surface area contributed by atoms with Gasteiger partial charge in [-0.15, -0.1) is 0 Å². The van der Waals surface area contributed by atoms with Crippen molar-refractivity contribution in [3.63, 3.8) is 0 Å². The maximum atomic E-state index is 13.2. The monoisotopic (exact) mass is 432 g/mol. The molecule has 2 amide bonds. The zero-order chi connectivity index (χ0) is 22.3. The molecule has 0 bridgehead atoms. The van der Waals surface area contributed by atoms with E-state index < -0.39 is 0 Å². The lowest BCUT2D eigenvalue weighted by molar-refractivity contribution is -0.126. The van der Waals surface area contributed by atoms with Crippen LogP contribution in [0.25, 0.3) is 0 Å². The molecule has 1 aliphatic rings. The number of hydrogen-bond donors (Lipinski definition) is 1. The van der Waals surface area contributed by atoms with Gasteiger partial charge in [-0.25, -0.2) is 0 Å². The summed E-state index contributed by atoms with van der Waals surface area (Å²) in [7, 11) is 0. The average molecular weight is 433 g/mol. The zero-order valence-corrected chi connectivity index (χ0v) is 18.2. The molecule has 1 aliphatic heterocycles. The van der Waals surface area contributed by atoms with Crippen LogP contribution in [0.15, 0.2) is 77.4 Å². The van der Waals surface area contributed by atoms with Gasteiger partial charge in [0, 0.05) is 19.0 Å². The Morgan fingerprint density at radius 3 is 2.31 bits per heavy atom. The van der Waals surface area contributed by atoms with Gasteiger partial charge >= 0.3 is 0 Å². The molecule has 4 rings (SSSR count). The van der Waals surface area contributed by atoms with Gasteiger partial charge in [-0.2, -0.15) is 0 Å². The number of benzene rings is 2. The Hall–Kier alpha value is -3.54. The predicted molar refractivity (Wildman–Crippen MR) is 121 cm³/mol. The fraction of sp³-hybridized carbons (Fsp3) is 0.308. The Kier molecular flexibility index (Phi) is 6.90. The first-order chi connectivity index (χ1) is 15.7. The van der Waals surface area contributed by atoms with Crippen molar-refractivity contribution in [1.29, 1.82) is 0 Å². The summed E-state index contributed by atoms with van der Waals surface area (Å²) in [6.45, 7) is 3.64. The number of amides is 2. The van der Waals surface area contributed by atoms with Gasteiger partial charge in [-0.05, 0) is 55.2 Å². The van der Waals surface area contributed by atoms with Crippen molar-refractivity contribution in [3.05, 3.63) is 89.9 Å². The van der Waals surface area contributed by atoms with Gasteiger partial charge in [0.25, 0.3) is 5.91 Å². The maximum absolute atomic E-state index is 13.2. The van der Waals surface area contributed by atoms with E-state index in [-0.39, 0.29) is 23.8 Å². The topological polar surface area (TPSA) is 71.8 Å². The molecule has 2 aromatic carbocycles. The molecular formula is C26H28N2O4. The summed E-state index contributed by atoms with van der Waals surface area (Å²) in [4.78, 5) is 27.4. The SMILES string of the molecule is CCOc1ccc(C(NC(=O)C2CCN(C(=O)c3ccco3)CC2)c2ccccc2)cc1. The van der Waals surface area contributed by atoms with Crippen molar-refractivity contribution in [2.75, 3.05) is 19.7 Å². The van der Waals surface area contributed by atoms with Gasteiger partial charge in [-0.3, -0.25) is 9.59 Å². The summed E-state index contributed by atoms with van der Waals surface area (Å²) >= 11 is 0. The summed E-state index contributed by atoms with van der Waals surface area (Å²) in [5, 5.41) is 3.24. The van der Waals surface area contributed by atoms with E-state index in [4.69, 9.17) is 9.15 Å². The molecule has 0 radical (unpaired) electrons. The third kappa shape index (κ3) is 5.02. The van der Waals surface area contributed by atoms with Crippen LogP contribution in [0.2, 0.25) is 0 Å². The van der Waals surface area contributed by atoms with Gasteiger partial charge in [0.05, 0.1) is 18.9 Å². The first kappa shape index (κ1) is 21.7. The number of rotatable bonds is 7. The number of carbonyl (C=O) groups is 2. The summed E-state index contributed by atoms with van der Waals surface area (Å²) in [5.41, 5.74) is 2.02. The second-order valence-corrected chi connectivity index (χ2v) is 7.90. The number of furan rings is 1. The van der Waals surface area contributed by atoms with Crippen molar-refractivity contribution in [1.82, 2.24) is 10.2 Å². The smallest absolute Gasteiger partial charge is 0.289 e. The highest BCUT2D eigenvalue weighted by atomic mass is 16.5. The number of piperidine rings is 1. The molecule has 0 saturated carbocycles. The van der Waals surface area contributed by atoms with Gasteiger partial charge in [0.15, 0.2) is 5.76 Å². The minimum atomic E-state index is -0.248. The van der Waals surface area contributed by atoms with Crippen LogP contribution in [0.5, 0.6) is 5.75 Å². The van der Waals surface area contributed by atoms with E-state index in [2.05, 4.69) is 5.32 Å². The van der Waals surface area contributed by atoms with Crippen LogP contribution in [0.1, 0.15) is 47.5 Å². The number of carbonyl (C=O) groups excluding carboxylic acids is 2. The average Bonchev–Trinajstić information content (AvgIpc) is 3.38. The highest BCUT2D eigenvalue weighted by Gasteiger charge is 2.30. The summed E-state index contributed by atoms with van der Waals surface area (Å²) in [6, 6.07) is 20.9. The van der Waals surface area contributed by atoms with Crippen LogP contribution < -0.4 is 10.1 Å². The number of nitrogens with one attached hydrogen (secondary N) is 1. The van der Waals surface area contributed by atoms with Gasteiger partial charge in [0.2, 0.25) is 5.91 Å². The van der Waals surface area contributed by atoms with Crippen LogP contribution in [0.3, 0.4) is 0 Å². The maximum Gasteiger partial charge on any atom is 0.289 e. The molecule has 2 heterocycles. The molecule has 32 heavy (non-hydrogen) atoms. The van der Waals surface area contributed by atoms with Crippen LogP contribution in [0.4, 0.5) is 0 Å². The first-order valence-electron chi connectivity index (χ1n) is 11.1. The quantitative estimate of drug-likeness (QED) is 0.599. The highest BCUT2D eigenvalue weighted by molar-refractivity contribution is 5.91. The van der Waals surface area contributed by atoms with E-state index in [1.54, 1.807) is 17.0 Å². The van der Waals surface area contributed by atoms with Crippen LogP contribution in [0, 0.1) is 5.92 Å². The van der Waals surface area contributed by atoms with E-state index >= 15 is 0 Å². The number of nitrogens with zero attached hydrogens (tertiary/aromatic N) is 1. The van der Waals surface area contributed by atoms with E-state index in [9.17, 15) is 9.59 Å². The van der Waals surface area contributed by atoms with Crippen molar-refractivity contribution in [2.24, 2.45) is 5.92 Å². The van der Waals surface area contributed by atoms with E-state index in [0.29, 0.717) is 38.3 Å². The Labute approximate surface area is 188 Å². The second-order valence-electron chi connectivity index (χ2n) is 7.90. The van der Waals surface area contributed by atoms with E-state index in [0.717, 1.165) is 16.9 Å². The minimum absolute atomic E-state index is 0.0119. The summed E-state index contributed by atoms with van der Waals surface area (Å²) in [6.07, 6.45) is 2.75. The lowest BCUT2D eigenvalue weighted by atomic mass is 9.93. The van der Waals surface area contributed by atoms with Gasteiger partial charge in [0.1, 0.15) is 5.75 Å². The van der Waals surface area contributed by atoms with Crippen molar-refractivity contribution < 1.29 is 18.7 Å². The molecule has 1 atom stereocenters. The Morgan fingerprint density at radius 1 is 1.00 bits per heavy atom. The molecular weight excluding hydrogens is 404 g/mol. The standard InChI is InChI=1S/C26H28N2O4/c1-2-31-22-12-10-20(11-13-22)24(19-7-4-3-5-8-19)27-25(29)21-14-16-28(17-15-21)26(30)23-9-6-18-32-23/h3-13,18,21,24H,2,14-17H2,1H3,(H,27,29). The van der Waals surface area contributed by atoms with Crippen molar-refractivity contribution >= 4 is 11.8 Å². The molecule has 166 valence electrons. The normalized spacial score (nSPS) is 15.2. The van der Waals surface area contributed by atoms with Crippen LogP contribution in [-0.2, 0) is 4.79 Å². The molecule has 6 nitrogen and oxygen atoms in total. The molecule has 1 aromatic heterocycles. The van der Waals surface area contributed by atoms with Crippen molar-refractivity contribution in [2.45, 2.75) is 25.8 Å². The Morgan fingerprint density at radius 2 is 1.69 bits per heavy atom. The number of likely N-dealkylation sites (tertiary alicyclic amines) is 1. The second kappa shape index (κ2) is 10.2. The van der Waals surface area contributed by atoms with Crippen molar-refractivity contribution in [3.8, 4) is 5.75 Å². The summed E-state index contributed by atoms with van der Waals surface area (Å²) in [5.74, 6) is 0.906. The molecule has 1 N–H and O–H groups in total. The lowest BCUT2D eigenvalue weighted by Gasteiger charge is -2.32. The van der Waals surface area contributed by atoms with Crippen LogP contribution >= 0.6 is 0 Å². The largest absolute Gasteiger partial charge is 0.494 e. The molecule has 1 saturated heterocycles. The Bertz CT molecular complexity index is 1010. The van der Waals surface area contributed by atoms with Crippen LogP contribution in [-0.4, -0.2) is 36.4 Å². The fourth-order valence-electron chi connectivity index (χ4n) is 4.09. The third-order valence-electron chi connectivity index (χ3n) is 5.83. The summed E-state index contributed by atoms with van der Waals surface area (Å²) < 4.78 is 10.8. The molecule has 6 heteroatoms. The lowest BCUT2D eigenvalue weighted by Crippen LogP contribution is -2.43. The fourth-order valence-corrected chi connectivity index (χ4v) is 4.09. The highest BCUT2D eigenvalue weighted by Crippen LogP contribution is 2.26. The number of hydrogen-bond acceptors (Lipinski definition) is 4. The van der Waals surface area contributed by atoms with E-state index in [1.807, 2.05) is 61.5 Å². The van der Waals surface area contributed by atoms with E-state index in [1.165, 1.54) is 6.26 Å². The molecule has 0 aliphatic carbocycles. The number of ether oxygens (including phenoxy) is 1. The Balaban J connectivity index is 1.43. The van der Waals surface area contributed by atoms with Gasteiger partial charge in [-0.1, -0.05) is 42.5 Å². The zero-order valence-electron chi connectivity index (χ0n) is 18.2. The van der Waals surface area contributed by atoms with Gasteiger partial charge < -0.3 is 19.4 Å². The predicted octanol–water partition coefficient (Wildman–Crippen LogP) is 4.44. The minimum Gasteiger partial charge on any atom is -0.494 e. The first-order valence-corrected chi connectivity index (χ1v) is 11.1. The molecule has 1 fully saturated rings. The third-order valence-corrected chi connectivity index (χ3v) is 5.83.